The zero-order chi connectivity index (χ0) is 31.2. The molecule has 1 saturated carbocycles. The molecule has 1 aliphatic carbocycles. The minimum Gasteiger partial charge on any atom is -0.349 e. The van der Waals surface area contributed by atoms with Crippen molar-refractivity contribution in [3.05, 3.63) is 81.6 Å². The van der Waals surface area contributed by atoms with E-state index < -0.39 is 22.9 Å². The minimum atomic E-state index is -0.863. The number of nitrogens with zero attached hydrogens (tertiary/aromatic N) is 5. The second-order valence-electron chi connectivity index (χ2n) is 12.9. The highest BCUT2D eigenvalue weighted by Crippen LogP contribution is 2.34. The van der Waals surface area contributed by atoms with Gasteiger partial charge in [0, 0.05) is 47.8 Å². The smallest absolute Gasteiger partial charge is 0.256 e. The first-order chi connectivity index (χ1) is 21.8. The molecule has 0 unspecified atom stereocenters. The van der Waals surface area contributed by atoms with E-state index in [1.807, 2.05) is 13.0 Å². The van der Waals surface area contributed by atoms with Crippen molar-refractivity contribution in [2.45, 2.75) is 64.5 Å². The Morgan fingerprint density at radius 2 is 1.60 bits per heavy atom. The number of likely N-dealkylation sites (tertiary alicyclic amines) is 1. The molecule has 0 radical (unpaired) electrons. The lowest BCUT2D eigenvalue weighted by Gasteiger charge is -2.41. The van der Waals surface area contributed by atoms with E-state index in [2.05, 4.69) is 22.0 Å². The van der Waals surface area contributed by atoms with Crippen molar-refractivity contribution in [3.8, 4) is 16.9 Å². The summed E-state index contributed by atoms with van der Waals surface area (Å²) in [5.74, 6) is -0.719. The van der Waals surface area contributed by atoms with E-state index in [1.165, 1.54) is 25.0 Å². The molecule has 45 heavy (non-hydrogen) atoms. The SMILES string of the molecule is Cc1ccc(C(=O)NC2CC2)cc1-c1nc(N2CCC(N3CCC(C)CC3)CC2)nc2c1ccc(=O)n2-c1c(F)cccc1F. The fourth-order valence-corrected chi connectivity index (χ4v) is 6.71. The molecule has 1 N–H and O–H groups in total. The summed E-state index contributed by atoms with van der Waals surface area (Å²) in [7, 11) is 0. The third kappa shape index (κ3) is 5.83. The first-order valence-electron chi connectivity index (χ1n) is 16.1. The van der Waals surface area contributed by atoms with E-state index in [9.17, 15) is 9.59 Å². The number of carbonyl (C=O) groups excluding carboxylic acids is 1. The molecular weight excluding hydrogens is 574 g/mol. The van der Waals surface area contributed by atoms with E-state index in [4.69, 9.17) is 9.97 Å². The van der Waals surface area contributed by atoms with Crippen molar-refractivity contribution in [1.82, 2.24) is 24.8 Å². The Bertz CT molecular complexity index is 1800. The molecule has 2 aliphatic heterocycles. The zero-order valence-electron chi connectivity index (χ0n) is 25.7. The van der Waals surface area contributed by atoms with Crippen LogP contribution in [0.25, 0.3) is 28.0 Å². The number of carbonyl (C=O) groups is 1. The van der Waals surface area contributed by atoms with Gasteiger partial charge in [0.2, 0.25) is 5.95 Å². The molecule has 10 heteroatoms. The minimum absolute atomic E-state index is 0.117. The molecule has 4 heterocycles. The number of fused-ring (bicyclic) bond motifs is 1. The van der Waals surface area contributed by atoms with Crippen molar-refractivity contribution in [3.63, 3.8) is 0 Å². The number of halogens is 2. The van der Waals surface area contributed by atoms with E-state index in [0.717, 1.165) is 80.0 Å². The van der Waals surface area contributed by atoms with Gasteiger partial charge in [-0.1, -0.05) is 19.1 Å². The Labute approximate surface area is 261 Å². The Morgan fingerprint density at radius 3 is 2.29 bits per heavy atom. The molecule has 2 aromatic carbocycles. The number of benzene rings is 2. The van der Waals surface area contributed by atoms with Gasteiger partial charge in [-0.25, -0.2) is 13.8 Å². The van der Waals surface area contributed by atoms with Crippen LogP contribution in [0.5, 0.6) is 0 Å². The maximum Gasteiger partial charge on any atom is 0.256 e. The second-order valence-corrected chi connectivity index (χ2v) is 12.9. The second kappa shape index (κ2) is 12.0. The number of aromatic nitrogens is 3. The molecule has 2 aromatic heterocycles. The quantitative estimate of drug-likeness (QED) is 0.304. The zero-order valence-corrected chi connectivity index (χ0v) is 25.7. The predicted molar refractivity (Wildman–Crippen MR) is 171 cm³/mol. The van der Waals surface area contributed by atoms with Crippen LogP contribution in [0.4, 0.5) is 14.7 Å². The number of para-hydroxylation sites is 1. The lowest BCUT2D eigenvalue weighted by molar-refractivity contribution is 0.0951. The Hall–Kier alpha value is -4.18. The van der Waals surface area contributed by atoms with Crippen LogP contribution in [0, 0.1) is 24.5 Å². The molecular formula is C35H38F2N6O2. The maximum atomic E-state index is 15.2. The van der Waals surface area contributed by atoms with Gasteiger partial charge in [-0.05, 0) is 100 Å². The average Bonchev–Trinajstić information content (AvgIpc) is 3.86. The topological polar surface area (TPSA) is 83.4 Å². The molecule has 3 fully saturated rings. The van der Waals surface area contributed by atoms with Crippen LogP contribution < -0.4 is 15.8 Å². The number of pyridine rings is 1. The molecule has 0 spiro atoms. The van der Waals surface area contributed by atoms with Gasteiger partial charge in [0.1, 0.15) is 17.3 Å². The number of hydrogen-bond donors (Lipinski definition) is 1. The van der Waals surface area contributed by atoms with Gasteiger partial charge >= 0.3 is 0 Å². The molecule has 1 amide bonds. The molecule has 0 bridgehead atoms. The Balaban J connectivity index is 1.35. The molecule has 2 saturated heterocycles. The van der Waals surface area contributed by atoms with Crippen molar-refractivity contribution in [1.29, 1.82) is 0 Å². The number of rotatable bonds is 6. The number of piperidine rings is 2. The summed E-state index contributed by atoms with van der Waals surface area (Å²) in [6, 6.07) is 12.6. The highest BCUT2D eigenvalue weighted by atomic mass is 19.1. The molecule has 3 aliphatic rings. The number of nitrogens with one attached hydrogen (secondary N) is 1. The van der Waals surface area contributed by atoms with Crippen LogP contribution in [0.2, 0.25) is 0 Å². The van der Waals surface area contributed by atoms with Crippen LogP contribution >= 0.6 is 0 Å². The highest BCUT2D eigenvalue weighted by Gasteiger charge is 2.30. The van der Waals surface area contributed by atoms with Gasteiger partial charge in [-0.15, -0.1) is 0 Å². The molecule has 4 aromatic rings. The number of aryl methyl sites for hydroxylation is 1. The largest absolute Gasteiger partial charge is 0.349 e. The van der Waals surface area contributed by atoms with Crippen molar-refractivity contribution < 1.29 is 13.6 Å². The van der Waals surface area contributed by atoms with E-state index in [1.54, 1.807) is 18.2 Å². The molecule has 8 nitrogen and oxygen atoms in total. The summed E-state index contributed by atoms with van der Waals surface area (Å²) in [4.78, 5) is 40.9. The third-order valence-corrected chi connectivity index (χ3v) is 9.65. The third-order valence-electron chi connectivity index (χ3n) is 9.65. The molecule has 0 atom stereocenters. The Morgan fingerprint density at radius 1 is 0.889 bits per heavy atom. The standard InChI is InChI=1S/C35H38F2N6O2/c1-21-12-16-41(17-13-21)25-14-18-42(19-15-25)35-39-31(27-20-23(7-6-22(27)2)34(45)38-24-8-9-24)26-10-11-30(44)43(33(26)40-35)32-28(36)4-3-5-29(32)37/h3-7,10-11,20-21,24-25H,8-9,12-19H2,1-2H3,(H,38,45). The van der Waals surface area contributed by atoms with Gasteiger partial charge in [-0.2, -0.15) is 4.98 Å². The molecule has 234 valence electrons. The fraction of sp³-hybridized carbons (Fsp3) is 0.429. The lowest BCUT2D eigenvalue weighted by atomic mass is 9.95. The van der Waals surface area contributed by atoms with Gasteiger partial charge < -0.3 is 15.1 Å². The van der Waals surface area contributed by atoms with Gasteiger partial charge in [0.25, 0.3) is 11.5 Å². The summed E-state index contributed by atoms with van der Waals surface area (Å²) < 4.78 is 31.4. The van der Waals surface area contributed by atoms with Gasteiger partial charge in [0.05, 0.1) is 5.69 Å². The number of anilines is 1. The number of amides is 1. The summed E-state index contributed by atoms with van der Waals surface area (Å²) in [5.41, 5.74) is 1.61. The van der Waals surface area contributed by atoms with Gasteiger partial charge in [0.15, 0.2) is 5.65 Å². The first-order valence-corrected chi connectivity index (χ1v) is 16.1. The average molecular weight is 613 g/mol. The van der Waals surface area contributed by atoms with Crippen LogP contribution in [-0.2, 0) is 0 Å². The predicted octanol–water partition coefficient (Wildman–Crippen LogP) is 5.63. The van der Waals surface area contributed by atoms with Crippen LogP contribution in [0.15, 0.2) is 53.3 Å². The molecule has 7 rings (SSSR count). The van der Waals surface area contributed by atoms with Crippen molar-refractivity contribution >= 4 is 22.9 Å². The summed E-state index contributed by atoms with van der Waals surface area (Å²) in [6.45, 7) is 7.92. The van der Waals surface area contributed by atoms with Crippen LogP contribution in [-0.4, -0.2) is 63.6 Å². The van der Waals surface area contributed by atoms with Crippen LogP contribution in [0.3, 0.4) is 0 Å². The summed E-state index contributed by atoms with van der Waals surface area (Å²) in [6.07, 6.45) is 6.29. The van der Waals surface area contributed by atoms with E-state index in [-0.39, 0.29) is 17.6 Å². The normalized spacial score (nSPS) is 18.4. The lowest BCUT2D eigenvalue weighted by Crippen LogP contribution is -2.48. The highest BCUT2D eigenvalue weighted by molar-refractivity contribution is 5.98. The maximum absolute atomic E-state index is 15.2. The van der Waals surface area contributed by atoms with Crippen LogP contribution in [0.1, 0.15) is 61.4 Å². The van der Waals surface area contributed by atoms with E-state index >= 15 is 8.78 Å². The van der Waals surface area contributed by atoms with Crippen molar-refractivity contribution in [2.24, 2.45) is 5.92 Å². The van der Waals surface area contributed by atoms with E-state index in [0.29, 0.717) is 34.2 Å². The summed E-state index contributed by atoms with van der Waals surface area (Å²) >= 11 is 0. The number of hydrogen-bond acceptors (Lipinski definition) is 6. The summed E-state index contributed by atoms with van der Waals surface area (Å²) in [5, 5.41) is 3.50. The van der Waals surface area contributed by atoms with Gasteiger partial charge in [-0.3, -0.25) is 14.2 Å². The van der Waals surface area contributed by atoms with Crippen molar-refractivity contribution in [2.75, 3.05) is 31.1 Å². The monoisotopic (exact) mass is 612 g/mol. The Kier molecular flexibility index (Phi) is 7.85. The fourth-order valence-electron chi connectivity index (χ4n) is 6.71. The first kappa shape index (κ1) is 29.5.